The molecule has 0 N–H and O–H groups in total. The highest BCUT2D eigenvalue weighted by Gasteiger charge is 2.11. The highest BCUT2D eigenvalue weighted by Crippen LogP contribution is 2.18. The molecule has 2 rings (SSSR count). The number of aryl methyl sites for hydroxylation is 1. The fraction of sp³-hybridized carbons (Fsp3) is 0.235. The van der Waals surface area contributed by atoms with Gasteiger partial charge in [0.1, 0.15) is 0 Å². The molecule has 0 saturated carbocycles. The van der Waals surface area contributed by atoms with Crippen LogP contribution < -0.4 is 0 Å². The van der Waals surface area contributed by atoms with Gasteiger partial charge in [0.2, 0.25) is 5.91 Å². The number of amides is 1. The van der Waals surface area contributed by atoms with Crippen LogP contribution in [0.3, 0.4) is 0 Å². The highest BCUT2D eigenvalue weighted by molar-refractivity contribution is 9.10. The van der Waals surface area contributed by atoms with E-state index < -0.39 is 0 Å². The average molecular weight is 411 g/mol. The Labute approximate surface area is 142 Å². The molecule has 0 spiro atoms. The molecule has 0 aliphatic rings. The minimum Gasteiger partial charge on any atom is -0.341 e. The number of carbonyl (C=O) groups is 1. The fourth-order valence-corrected chi connectivity index (χ4v) is 2.96. The molecule has 0 aliphatic heterocycles. The zero-order chi connectivity index (χ0) is 15.2. The van der Waals surface area contributed by atoms with Gasteiger partial charge in [-0.1, -0.05) is 62.2 Å². The van der Waals surface area contributed by atoms with Crippen LogP contribution in [-0.4, -0.2) is 17.9 Å². The molecule has 2 aromatic rings. The van der Waals surface area contributed by atoms with Crippen molar-refractivity contribution in [3.63, 3.8) is 0 Å². The summed E-state index contributed by atoms with van der Waals surface area (Å²) in [5.41, 5.74) is 2.29. The molecule has 2 nitrogen and oxygen atoms in total. The van der Waals surface area contributed by atoms with E-state index in [2.05, 4.69) is 37.9 Å². The minimum absolute atomic E-state index is 0.158. The number of benzene rings is 2. The molecule has 0 saturated heterocycles. The van der Waals surface area contributed by atoms with E-state index in [4.69, 9.17) is 0 Å². The third-order valence-electron chi connectivity index (χ3n) is 3.31. The van der Waals surface area contributed by atoms with Gasteiger partial charge in [0.15, 0.2) is 0 Å². The molecule has 0 fully saturated rings. The summed E-state index contributed by atoms with van der Waals surface area (Å²) in [6.07, 6.45) is 1.29. The average Bonchev–Trinajstić information content (AvgIpc) is 2.47. The zero-order valence-electron chi connectivity index (χ0n) is 11.9. The van der Waals surface area contributed by atoms with Crippen molar-refractivity contribution in [1.29, 1.82) is 0 Å². The monoisotopic (exact) mass is 409 g/mol. The molecule has 0 heterocycles. The highest BCUT2D eigenvalue weighted by atomic mass is 79.9. The zero-order valence-corrected chi connectivity index (χ0v) is 15.0. The van der Waals surface area contributed by atoms with Crippen LogP contribution in [0.15, 0.2) is 57.5 Å². The van der Waals surface area contributed by atoms with Gasteiger partial charge in [0.05, 0.1) is 0 Å². The van der Waals surface area contributed by atoms with Gasteiger partial charge in [-0.25, -0.2) is 0 Å². The first-order chi connectivity index (χ1) is 10.1. The van der Waals surface area contributed by atoms with Gasteiger partial charge in [-0.15, -0.1) is 0 Å². The Morgan fingerprint density at radius 3 is 2.57 bits per heavy atom. The third-order valence-corrected chi connectivity index (χ3v) is 4.57. The molecule has 0 radical (unpaired) electrons. The van der Waals surface area contributed by atoms with Crippen LogP contribution in [0.5, 0.6) is 0 Å². The summed E-state index contributed by atoms with van der Waals surface area (Å²) in [6.45, 7) is 0.624. The van der Waals surface area contributed by atoms with Gasteiger partial charge in [-0.2, -0.15) is 0 Å². The van der Waals surface area contributed by atoms with Crippen molar-refractivity contribution in [2.75, 3.05) is 7.05 Å². The summed E-state index contributed by atoms with van der Waals surface area (Å²) in [6, 6.07) is 16.1. The Morgan fingerprint density at radius 2 is 1.86 bits per heavy atom. The van der Waals surface area contributed by atoms with E-state index in [1.54, 1.807) is 4.90 Å². The Hall–Kier alpha value is -1.13. The molecule has 4 heteroatoms. The van der Waals surface area contributed by atoms with Crippen molar-refractivity contribution in [2.45, 2.75) is 19.4 Å². The van der Waals surface area contributed by atoms with Gasteiger partial charge < -0.3 is 4.90 Å². The first kappa shape index (κ1) is 16.2. The van der Waals surface area contributed by atoms with Crippen molar-refractivity contribution < 1.29 is 4.79 Å². The fourth-order valence-electron chi connectivity index (χ4n) is 2.10. The predicted octanol–water partition coefficient (Wildman–Crippen LogP) is 4.80. The molecule has 1 amide bonds. The lowest BCUT2D eigenvalue weighted by Gasteiger charge is -2.18. The number of halogens is 2. The van der Waals surface area contributed by atoms with Crippen LogP contribution in [0.1, 0.15) is 17.5 Å². The number of hydrogen-bond acceptors (Lipinski definition) is 1. The van der Waals surface area contributed by atoms with Crippen molar-refractivity contribution in [3.05, 3.63) is 68.6 Å². The Kier molecular flexibility index (Phi) is 6.00. The van der Waals surface area contributed by atoms with Gasteiger partial charge in [-0.05, 0) is 35.7 Å². The van der Waals surface area contributed by atoms with Gasteiger partial charge >= 0.3 is 0 Å². The lowest BCUT2D eigenvalue weighted by molar-refractivity contribution is -0.130. The maximum absolute atomic E-state index is 12.2. The summed E-state index contributed by atoms with van der Waals surface area (Å²) in [4.78, 5) is 14.0. The Bertz CT molecular complexity index is 628. The quantitative estimate of drug-likeness (QED) is 0.692. The molecular formula is C17H17Br2NO. The Morgan fingerprint density at radius 1 is 1.10 bits per heavy atom. The van der Waals surface area contributed by atoms with Gasteiger partial charge in [0, 0.05) is 29.0 Å². The summed E-state index contributed by atoms with van der Waals surface area (Å²) in [5, 5.41) is 0. The largest absolute Gasteiger partial charge is 0.341 e. The van der Waals surface area contributed by atoms with E-state index in [0.717, 1.165) is 20.9 Å². The standard InChI is InChI=1S/C17H17Br2NO/c1-20(12-14-6-2-3-8-16(14)19)17(21)10-9-13-5-4-7-15(18)11-13/h2-8,11H,9-10,12H2,1H3. The second-order valence-corrected chi connectivity index (χ2v) is 6.74. The van der Waals surface area contributed by atoms with Crippen molar-refractivity contribution in [3.8, 4) is 0 Å². The second kappa shape index (κ2) is 7.76. The van der Waals surface area contributed by atoms with Crippen LogP contribution >= 0.6 is 31.9 Å². The summed E-state index contributed by atoms with van der Waals surface area (Å²) in [7, 11) is 1.85. The van der Waals surface area contributed by atoms with Crippen LogP contribution in [0.2, 0.25) is 0 Å². The molecule has 2 aromatic carbocycles. The van der Waals surface area contributed by atoms with Crippen LogP contribution in [0.4, 0.5) is 0 Å². The van der Waals surface area contributed by atoms with E-state index in [-0.39, 0.29) is 5.91 Å². The van der Waals surface area contributed by atoms with E-state index in [1.807, 2.05) is 49.5 Å². The maximum Gasteiger partial charge on any atom is 0.222 e. The van der Waals surface area contributed by atoms with Gasteiger partial charge in [-0.3, -0.25) is 4.79 Å². The number of hydrogen-bond donors (Lipinski definition) is 0. The Balaban J connectivity index is 1.90. The minimum atomic E-state index is 0.158. The lowest BCUT2D eigenvalue weighted by Crippen LogP contribution is -2.26. The van der Waals surface area contributed by atoms with E-state index in [9.17, 15) is 4.79 Å². The first-order valence-electron chi connectivity index (χ1n) is 6.78. The molecule has 21 heavy (non-hydrogen) atoms. The molecule has 110 valence electrons. The SMILES string of the molecule is CN(Cc1ccccc1Br)C(=O)CCc1cccc(Br)c1. The lowest BCUT2D eigenvalue weighted by atomic mass is 10.1. The van der Waals surface area contributed by atoms with Crippen LogP contribution in [0, 0.1) is 0 Å². The van der Waals surface area contributed by atoms with Crippen molar-refractivity contribution >= 4 is 37.8 Å². The smallest absolute Gasteiger partial charge is 0.222 e. The summed E-state index contributed by atoms with van der Waals surface area (Å²) in [5.74, 6) is 0.158. The number of rotatable bonds is 5. The maximum atomic E-state index is 12.2. The van der Waals surface area contributed by atoms with Crippen molar-refractivity contribution in [1.82, 2.24) is 4.90 Å². The molecule has 0 atom stereocenters. The van der Waals surface area contributed by atoms with Crippen LogP contribution in [-0.2, 0) is 17.8 Å². The second-order valence-electron chi connectivity index (χ2n) is 4.97. The number of carbonyl (C=O) groups excluding carboxylic acids is 1. The van der Waals surface area contributed by atoms with Crippen molar-refractivity contribution in [2.24, 2.45) is 0 Å². The topological polar surface area (TPSA) is 20.3 Å². The van der Waals surface area contributed by atoms with Crippen LogP contribution in [0.25, 0.3) is 0 Å². The third kappa shape index (κ3) is 4.97. The molecule has 0 bridgehead atoms. The predicted molar refractivity (Wildman–Crippen MR) is 93.1 cm³/mol. The normalized spacial score (nSPS) is 10.4. The van der Waals surface area contributed by atoms with E-state index >= 15 is 0 Å². The number of nitrogens with zero attached hydrogens (tertiary/aromatic N) is 1. The molecule has 0 aliphatic carbocycles. The molecular weight excluding hydrogens is 394 g/mol. The van der Waals surface area contributed by atoms with E-state index in [1.165, 1.54) is 5.56 Å². The molecule has 0 aromatic heterocycles. The molecule has 0 unspecified atom stereocenters. The van der Waals surface area contributed by atoms with E-state index in [0.29, 0.717) is 13.0 Å². The summed E-state index contributed by atoms with van der Waals surface area (Å²) >= 11 is 6.96. The first-order valence-corrected chi connectivity index (χ1v) is 8.36. The summed E-state index contributed by atoms with van der Waals surface area (Å²) < 4.78 is 2.09. The van der Waals surface area contributed by atoms with Gasteiger partial charge in [0.25, 0.3) is 0 Å².